The standard InChI is InChI=1S/C27H33FN8O3/c1-16(21-10-18-15-34(2)8-9-36(18)33-21)30-25(37)17-4-7-35(27(13-17)5-6-27)26(38)23-12-22(31-32-23)19-11-24(39-3)29-14-20(19)28/h10-12,14,16-17H,4-9,13,15H2,1-3H3,(H,30,37)(H,31,32)/t16-,17+/m1/s1. The number of nitrogens with zero attached hydrogens (tertiary/aromatic N) is 6. The van der Waals surface area contributed by atoms with Crippen LogP contribution in [-0.2, 0) is 17.9 Å². The maximum atomic E-state index is 14.4. The van der Waals surface area contributed by atoms with Crippen molar-refractivity contribution in [2.45, 2.75) is 57.3 Å². The van der Waals surface area contributed by atoms with Crippen molar-refractivity contribution in [3.05, 3.63) is 47.3 Å². The van der Waals surface area contributed by atoms with E-state index in [1.807, 2.05) is 16.5 Å². The number of nitrogens with one attached hydrogen (secondary N) is 2. The lowest BCUT2D eigenvalue weighted by Gasteiger charge is -2.39. The van der Waals surface area contributed by atoms with Crippen LogP contribution in [0.1, 0.15) is 60.5 Å². The normalized spacial score (nSPS) is 20.9. The Morgan fingerprint density at radius 1 is 1.23 bits per heavy atom. The molecule has 1 saturated heterocycles. The van der Waals surface area contributed by atoms with Crippen LogP contribution in [0.3, 0.4) is 0 Å². The number of ether oxygens (including phenoxy) is 1. The SMILES string of the molecule is COc1cc(-c2cc(C(=O)N3CC[C@H](C(=O)N[C@H](C)c4cc5n(n4)CCN(C)C5)CC34CC4)[nH]n2)c(F)cn1. The van der Waals surface area contributed by atoms with Gasteiger partial charge in [-0.15, -0.1) is 0 Å². The number of carbonyl (C=O) groups excluding carboxylic acids is 2. The maximum absolute atomic E-state index is 14.4. The molecule has 0 unspecified atom stereocenters. The van der Waals surface area contributed by atoms with Crippen LogP contribution < -0.4 is 10.1 Å². The lowest BCUT2D eigenvalue weighted by atomic mass is 9.87. The number of hydrogen-bond acceptors (Lipinski definition) is 7. The van der Waals surface area contributed by atoms with Crippen molar-refractivity contribution in [2.75, 3.05) is 27.2 Å². The maximum Gasteiger partial charge on any atom is 0.272 e. The Morgan fingerprint density at radius 3 is 2.82 bits per heavy atom. The number of fused-ring (bicyclic) bond motifs is 1. The molecule has 6 rings (SSSR count). The van der Waals surface area contributed by atoms with Gasteiger partial charge in [0, 0.05) is 42.7 Å². The number of amides is 2. The highest BCUT2D eigenvalue weighted by atomic mass is 19.1. The fourth-order valence-electron chi connectivity index (χ4n) is 5.83. The van der Waals surface area contributed by atoms with Crippen molar-refractivity contribution in [3.8, 4) is 17.1 Å². The van der Waals surface area contributed by atoms with Gasteiger partial charge < -0.3 is 15.0 Å². The second kappa shape index (κ2) is 9.74. The highest BCUT2D eigenvalue weighted by Crippen LogP contribution is 2.50. The van der Waals surface area contributed by atoms with E-state index in [-0.39, 0.29) is 46.5 Å². The molecule has 2 N–H and O–H groups in total. The van der Waals surface area contributed by atoms with Crippen LogP contribution in [0.5, 0.6) is 5.88 Å². The molecular weight excluding hydrogens is 503 g/mol. The number of likely N-dealkylation sites (N-methyl/N-ethyl adjacent to an activating group) is 1. The average Bonchev–Trinajstić information content (AvgIpc) is 3.33. The van der Waals surface area contributed by atoms with Crippen molar-refractivity contribution in [2.24, 2.45) is 5.92 Å². The second-order valence-corrected chi connectivity index (χ2v) is 11.0. The molecule has 2 fully saturated rings. The Kier molecular flexibility index (Phi) is 6.37. The number of methoxy groups -OCH3 is 1. The highest BCUT2D eigenvalue weighted by molar-refractivity contribution is 5.94. The van der Waals surface area contributed by atoms with E-state index in [1.165, 1.54) is 13.2 Å². The summed E-state index contributed by atoms with van der Waals surface area (Å²) in [6.07, 6.45) is 3.99. The predicted octanol–water partition coefficient (Wildman–Crippen LogP) is 2.52. The third-order valence-corrected chi connectivity index (χ3v) is 8.28. The zero-order valence-corrected chi connectivity index (χ0v) is 22.4. The van der Waals surface area contributed by atoms with Crippen molar-refractivity contribution < 1.29 is 18.7 Å². The first-order chi connectivity index (χ1) is 18.8. The van der Waals surface area contributed by atoms with E-state index in [0.717, 1.165) is 50.1 Å². The molecule has 11 nitrogen and oxygen atoms in total. The number of piperidine rings is 1. The van der Waals surface area contributed by atoms with Crippen LogP contribution in [0.2, 0.25) is 0 Å². The molecule has 3 aromatic heterocycles. The highest BCUT2D eigenvalue weighted by Gasteiger charge is 2.54. The Labute approximate surface area is 225 Å². The molecule has 3 aromatic rings. The van der Waals surface area contributed by atoms with E-state index >= 15 is 0 Å². The second-order valence-electron chi connectivity index (χ2n) is 11.0. The van der Waals surface area contributed by atoms with E-state index < -0.39 is 5.82 Å². The first-order valence-electron chi connectivity index (χ1n) is 13.4. The summed E-state index contributed by atoms with van der Waals surface area (Å²) in [6.45, 7) is 5.11. The van der Waals surface area contributed by atoms with Crippen molar-refractivity contribution in [1.29, 1.82) is 0 Å². The summed E-state index contributed by atoms with van der Waals surface area (Å²) in [5.74, 6) is -0.639. The zero-order valence-electron chi connectivity index (χ0n) is 22.4. The molecule has 1 aliphatic carbocycles. The molecular formula is C27H33FN8O3. The smallest absolute Gasteiger partial charge is 0.272 e. The molecule has 0 aromatic carbocycles. The molecule has 0 bridgehead atoms. The van der Waals surface area contributed by atoms with Crippen molar-refractivity contribution >= 4 is 11.8 Å². The summed E-state index contributed by atoms with van der Waals surface area (Å²) >= 11 is 0. The molecule has 1 spiro atoms. The summed E-state index contributed by atoms with van der Waals surface area (Å²) in [7, 11) is 3.54. The van der Waals surface area contributed by atoms with Gasteiger partial charge in [0.2, 0.25) is 11.8 Å². The Hall–Kier alpha value is -3.80. The lowest BCUT2D eigenvalue weighted by Crippen LogP contribution is -2.51. The molecule has 206 valence electrons. The molecule has 2 aliphatic heterocycles. The minimum atomic E-state index is -0.552. The zero-order chi connectivity index (χ0) is 27.3. The van der Waals surface area contributed by atoms with Gasteiger partial charge in [-0.25, -0.2) is 9.37 Å². The van der Waals surface area contributed by atoms with Gasteiger partial charge in [-0.3, -0.25) is 24.3 Å². The molecule has 1 saturated carbocycles. The average molecular weight is 537 g/mol. The first kappa shape index (κ1) is 25.5. The molecule has 12 heteroatoms. The minimum absolute atomic E-state index is 0.00917. The number of rotatable bonds is 6. The van der Waals surface area contributed by atoms with E-state index in [0.29, 0.717) is 25.1 Å². The van der Waals surface area contributed by atoms with E-state index in [2.05, 4.69) is 38.5 Å². The third kappa shape index (κ3) is 4.77. The van der Waals surface area contributed by atoms with Crippen LogP contribution in [0.15, 0.2) is 24.4 Å². The lowest BCUT2D eigenvalue weighted by molar-refractivity contribution is -0.128. The van der Waals surface area contributed by atoms with Gasteiger partial charge in [0.05, 0.1) is 43.0 Å². The predicted molar refractivity (Wildman–Crippen MR) is 139 cm³/mol. The Balaban J connectivity index is 1.11. The molecule has 0 radical (unpaired) electrons. The largest absolute Gasteiger partial charge is 0.481 e. The van der Waals surface area contributed by atoms with Gasteiger partial charge in [0.25, 0.3) is 5.91 Å². The molecule has 2 atom stereocenters. The number of hydrogen-bond donors (Lipinski definition) is 2. The van der Waals surface area contributed by atoms with Crippen LogP contribution in [0.4, 0.5) is 4.39 Å². The molecule has 2 amide bonds. The Bertz CT molecular complexity index is 1410. The van der Waals surface area contributed by atoms with Gasteiger partial charge in [-0.05, 0) is 51.8 Å². The quantitative estimate of drug-likeness (QED) is 0.497. The summed E-state index contributed by atoms with van der Waals surface area (Å²) in [5.41, 5.74) is 2.51. The number of H-pyrrole nitrogens is 1. The number of pyridine rings is 1. The number of likely N-dealkylation sites (tertiary alicyclic amines) is 1. The van der Waals surface area contributed by atoms with Gasteiger partial charge in [-0.2, -0.15) is 10.2 Å². The minimum Gasteiger partial charge on any atom is -0.481 e. The first-order valence-corrected chi connectivity index (χ1v) is 13.4. The van der Waals surface area contributed by atoms with Gasteiger partial charge in [0.1, 0.15) is 5.69 Å². The van der Waals surface area contributed by atoms with E-state index in [4.69, 9.17) is 9.84 Å². The van der Waals surface area contributed by atoms with Gasteiger partial charge >= 0.3 is 0 Å². The van der Waals surface area contributed by atoms with E-state index in [9.17, 15) is 14.0 Å². The topological polar surface area (TPSA) is 121 Å². The fourth-order valence-corrected chi connectivity index (χ4v) is 5.83. The summed E-state index contributed by atoms with van der Waals surface area (Å²) in [6, 6.07) is 4.90. The Morgan fingerprint density at radius 2 is 2.05 bits per heavy atom. The van der Waals surface area contributed by atoms with Gasteiger partial charge in [0.15, 0.2) is 5.82 Å². The van der Waals surface area contributed by atoms with Crippen molar-refractivity contribution in [3.63, 3.8) is 0 Å². The van der Waals surface area contributed by atoms with E-state index in [1.54, 1.807) is 6.07 Å². The fraction of sp³-hybridized carbons (Fsp3) is 0.519. The van der Waals surface area contributed by atoms with Crippen molar-refractivity contribution in [1.82, 2.24) is 40.1 Å². The number of aromatic amines is 1. The molecule has 5 heterocycles. The monoisotopic (exact) mass is 536 g/mol. The van der Waals surface area contributed by atoms with Gasteiger partial charge in [-0.1, -0.05) is 0 Å². The summed E-state index contributed by atoms with van der Waals surface area (Å²) in [4.78, 5) is 34.7. The number of carbonyl (C=O) groups is 2. The molecule has 3 aliphatic rings. The number of halogens is 1. The van der Waals surface area contributed by atoms with Crippen LogP contribution in [-0.4, -0.2) is 79.4 Å². The van der Waals surface area contributed by atoms with Crippen LogP contribution in [0, 0.1) is 11.7 Å². The summed E-state index contributed by atoms with van der Waals surface area (Å²) in [5, 5.41) is 14.8. The molecule has 39 heavy (non-hydrogen) atoms. The third-order valence-electron chi connectivity index (χ3n) is 8.28. The van der Waals surface area contributed by atoms with Crippen LogP contribution in [0.25, 0.3) is 11.3 Å². The van der Waals surface area contributed by atoms with Crippen LogP contribution >= 0.6 is 0 Å². The number of aromatic nitrogens is 5. The summed E-state index contributed by atoms with van der Waals surface area (Å²) < 4.78 is 21.5.